The van der Waals surface area contributed by atoms with E-state index in [0.717, 1.165) is 0 Å². The summed E-state index contributed by atoms with van der Waals surface area (Å²) < 4.78 is 0. The zero-order valence-electron chi connectivity index (χ0n) is 13.2. The third kappa shape index (κ3) is 8.68. The first kappa shape index (κ1) is 21.3. The normalized spacial score (nSPS) is 14.1. The molecule has 0 fully saturated rings. The first-order valence-corrected chi connectivity index (χ1v) is 7.13. The van der Waals surface area contributed by atoms with Crippen molar-refractivity contribution in [1.82, 2.24) is 10.6 Å². The number of hydrogen-bond donors (Lipinski definition) is 6. The third-order valence-electron chi connectivity index (χ3n) is 2.99. The average molecular weight is 346 g/mol. The molecule has 11 heteroatoms. The molecule has 0 bridgehead atoms. The van der Waals surface area contributed by atoms with Crippen molar-refractivity contribution in [2.75, 3.05) is 0 Å². The van der Waals surface area contributed by atoms with Crippen LogP contribution in [-0.4, -0.2) is 58.0 Å². The van der Waals surface area contributed by atoms with Gasteiger partial charge >= 0.3 is 11.9 Å². The van der Waals surface area contributed by atoms with Gasteiger partial charge in [0.25, 0.3) is 0 Å². The highest BCUT2D eigenvalue weighted by Crippen LogP contribution is 2.03. The summed E-state index contributed by atoms with van der Waals surface area (Å²) in [4.78, 5) is 56.2. The Morgan fingerprint density at radius 2 is 1.42 bits per heavy atom. The van der Waals surface area contributed by atoms with Crippen LogP contribution in [0.15, 0.2) is 0 Å². The van der Waals surface area contributed by atoms with Crippen molar-refractivity contribution in [3.8, 4) is 0 Å². The molecule has 0 aliphatic heterocycles. The Morgan fingerprint density at radius 3 is 1.83 bits per heavy atom. The van der Waals surface area contributed by atoms with E-state index < -0.39 is 54.2 Å². The number of aliphatic carboxylic acids is 2. The molecule has 0 aliphatic carbocycles. The van der Waals surface area contributed by atoms with Crippen LogP contribution in [0.3, 0.4) is 0 Å². The van der Waals surface area contributed by atoms with Gasteiger partial charge in [-0.05, 0) is 19.8 Å². The largest absolute Gasteiger partial charge is 0.481 e. The summed E-state index contributed by atoms with van der Waals surface area (Å²) in [5.74, 6) is -4.88. The Morgan fingerprint density at radius 1 is 0.917 bits per heavy atom. The average Bonchev–Trinajstić information content (AvgIpc) is 2.46. The van der Waals surface area contributed by atoms with Crippen molar-refractivity contribution in [3.63, 3.8) is 0 Å². The van der Waals surface area contributed by atoms with E-state index in [9.17, 15) is 24.0 Å². The molecule has 0 aromatic rings. The minimum Gasteiger partial charge on any atom is -0.481 e. The van der Waals surface area contributed by atoms with Crippen molar-refractivity contribution in [2.45, 2.75) is 50.7 Å². The van der Waals surface area contributed by atoms with Gasteiger partial charge in [0.2, 0.25) is 17.7 Å². The number of carboxylic acid groups (broad SMARTS) is 2. The molecule has 3 unspecified atom stereocenters. The van der Waals surface area contributed by atoms with Crippen LogP contribution < -0.4 is 22.1 Å². The second-order valence-electron chi connectivity index (χ2n) is 5.19. The molecule has 11 nitrogen and oxygen atoms in total. The third-order valence-corrected chi connectivity index (χ3v) is 2.99. The van der Waals surface area contributed by atoms with Crippen LogP contribution in [0.5, 0.6) is 0 Å². The Balaban J connectivity index is 4.97. The SMILES string of the molecule is CC(N)C(=O)NC(CCC(N)=O)C(=O)NC(CCC(=O)O)C(=O)O. The Bertz CT molecular complexity index is 507. The molecule has 0 heterocycles. The zero-order chi connectivity index (χ0) is 18.9. The minimum atomic E-state index is -1.45. The number of primary amides is 1. The number of carbonyl (C=O) groups excluding carboxylic acids is 3. The van der Waals surface area contributed by atoms with Gasteiger partial charge in [0.15, 0.2) is 0 Å². The molecule has 0 spiro atoms. The lowest BCUT2D eigenvalue weighted by atomic mass is 10.1. The molecular weight excluding hydrogens is 324 g/mol. The Kier molecular flexibility index (Phi) is 9.02. The first-order valence-electron chi connectivity index (χ1n) is 7.13. The second kappa shape index (κ2) is 10.2. The number of nitrogens with two attached hydrogens (primary N) is 2. The van der Waals surface area contributed by atoms with E-state index in [2.05, 4.69) is 10.6 Å². The maximum absolute atomic E-state index is 12.1. The van der Waals surface area contributed by atoms with E-state index in [4.69, 9.17) is 21.7 Å². The number of nitrogens with one attached hydrogen (secondary N) is 2. The van der Waals surface area contributed by atoms with Crippen LogP contribution in [0.4, 0.5) is 0 Å². The summed E-state index contributed by atoms with van der Waals surface area (Å²) in [5, 5.41) is 22.0. The van der Waals surface area contributed by atoms with Crippen LogP contribution in [0, 0.1) is 0 Å². The maximum Gasteiger partial charge on any atom is 0.326 e. The van der Waals surface area contributed by atoms with E-state index >= 15 is 0 Å². The van der Waals surface area contributed by atoms with Gasteiger partial charge in [-0.2, -0.15) is 0 Å². The fourth-order valence-electron chi connectivity index (χ4n) is 1.66. The summed E-state index contributed by atoms with van der Waals surface area (Å²) in [7, 11) is 0. The molecule has 3 amide bonds. The number of carboxylic acids is 2. The highest BCUT2D eigenvalue weighted by molar-refractivity contribution is 5.92. The number of amides is 3. The highest BCUT2D eigenvalue weighted by atomic mass is 16.4. The van der Waals surface area contributed by atoms with Gasteiger partial charge in [-0.3, -0.25) is 19.2 Å². The number of rotatable bonds is 11. The van der Waals surface area contributed by atoms with Gasteiger partial charge in [0.05, 0.1) is 6.04 Å². The number of carbonyl (C=O) groups is 5. The molecule has 0 saturated heterocycles. The fraction of sp³-hybridized carbons (Fsp3) is 0.615. The van der Waals surface area contributed by atoms with Crippen molar-refractivity contribution in [2.24, 2.45) is 11.5 Å². The molecule has 136 valence electrons. The first-order chi connectivity index (χ1) is 11.0. The van der Waals surface area contributed by atoms with Crippen LogP contribution in [-0.2, 0) is 24.0 Å². The monoisotopic (exact) mass is 346 g/mol. The summed E-state index contributed by atoms with van der Waals surface area (Å²) in [6, 6.07) is -3.59. The zero-order valence-corrected chi connectivity index (χ0v) is 13.2. The van der Waals surface area contributed by atoms with Gasteiger partial charge in [0.1, 0.15) is 12.1 Å². The van der Waals surface area contributed by atoms with E-state index in [1.807, 2.05) is 0 Å². The summed E-state index contributed by atoms with van der Waals surface area (Å²) in [6.07, 6.45) is -1.16. The van der Waals surface area contributed by atoms with E-state index in [0.29, 0.717) is 0 Å². The highest BCUT2D eigenvalue weighted by Gasteiger charge is 2.27. The summed E-state index contributed by atoms with van der Waals surface area (Å²) in [6.45, 7) is 1.38. The van der Waals surface area contributed by atoms with Gasteiger partial charge in [0, 0.05) is 12.8 Å². The summed E-state index contributed by atoms with van der Waals surface area (Å²) >= 11 is 0. The van der Waals surface area contributed by atoms with Gasteiger partial charge < -0.3 is 32.3 Å². The van der Waals surface area contributed by atoms with Crippen LogP contribution in [0.25, 0.3) is 0 Å². The standard InChI is InChI=1S/C13H22N4O7/c1-6(14)11(21)16-7(2-4-9(15)18)12(22)17-8(13(23)24)3-5-10(19)20/h6-8H,2-5,14H2,1H3,(H2,15,18)(H,16,21)(H,17,22)(H,19,20)(H,23,24). The molecule has 24 heavy (non-hydrogen) atoms. The predicted octanol–water partition coefficient (Wildman–Crippen LogP) is -2.48. The van der Waals surface area contributed by atoms with Gasteiger partial charge in [-0.15, -0.1) is 0 Å². The van der Waals surface area contributed by atoms with E-state index in [1.54, 1.807) is 0 Å². The summed E-state index contributed by atoms with van der Waals surface area (Å²) in [5.41, 5.74) is 10.4. The topological polar surface area (TPSA) is 202 Å². The molecule has 0 aromatic carbocycles. The smallest absolute Gasteiger partial charge is 0.326 e. The van der Waals surface area contributed by atoms with Crippen molar-refractivity contribution >= 4 is 29.7 Å². The molecule has 0 rings (SSSR count). The molecule has 8 N–H and O–H groups in total. The lowest BCUT2D eigenvalue weighted by Crippen LogP contribution is -2.54. The van der Waals surface area contributed by atoms with Crippen molar-refractivity contribution in [3.05, 3.63) is 0 Å². The molecule has 3 atom stereocenters. The lowest BCUT2D eigenvalue weighted by Gasteiger charge is -2.21. The van der Waals surface area contributed by atoms with Crippen LogP contribution in [0.2, 0.25) is 0 Å². The van der Waals surface area contributed by atoms with Gasteiger partial charge in [-0.25, -0.2) is 4.79 Å². The Labute approximate surface area is 137 Å². The lowest BCUT2D eigenvalue weighted by molar-refractivity contribution is -0.143. The second-order valence-corrected chi connectivity index (χ2v) is 5.19. The quantitative estimate of drug-likeness (QED) is 0.236. The van der Waals surface area contributed by atoms with Crippen molar-refractivity contribution in [1.29, 1.82) is 0 Å². The van der Waals surface area contributed by atoms with Gasteiger partial charge in [-0.1, -0.05) is 0 Å². The maximum atomic E-state index is 12.1. The van der Waals surface area contributed by atoms with Crippen LogP contribution in [0.1, 0.15) is 32.6 Å². The molecule has 0 aliphatic rings. The van der Waals surface area contributed by atoms with E-state index in [1.165, 1.54) is 6.92 Å². The minimum absolute atomic E-state index is 0.148. The van der Waals surface area contributed by atoms with E-state index in [-0.39, 0.29) is 19.3 Å². The van der Waals surface area contributed by atoms with Crippen molar-refractivity contribution < 1.29 is 34.2 Å². The number of hydrogen-bond acceptors (Lipinski definition) is 6. The molecular formula is C13H22N4O7. The van der Waals surface area contributed by atoms with Crippen LogP contribution >= 0.6 is 0 Å². The molecule has 0 aromatic heterocycles. The predicted molar refractivity (Wildman–Crippen MR) is 80.4 cm³/mol. The molecule has 0 saturated carbocycles. The molecule has 0 radical (unpaired) electrons. The fourth-order valence-corrected chi connectivity index (χ4v) is 1.66. The Hall–Kier alpha value is -2.69.